The van der Waals surface area contributed by atoms with E-state index in [1.54, 1.807) is 32.0 Å². The molecular weight excluding hydrogens is 378 g/mol. The zero-order valence-corrected chi connectivity index (χ0v) is 16.3. The van der Waals surface area contributed by atoms with Crippen LogP contribution in [0.5, 0.6) is 0 Å². The van der Waals surface area contributed by atoms with Crippen LogP contribution in [0, 0.1) is 10.1 Å². The van der Waals surface area contributed by atoms with Crippen LogP contribution >= 0.6 is 0 Å². The number of nitro benzene ring substituents is 1. The summed E-state index contributed by atoms with van der Waals surface area (Å²) in [7, 11) is 0. The van der Waals surface area contributed by atoms with Crippen LogP contribution in [0.15, 0.2) is 48.5 Å². The molecule has 0 aliphatic heterocycles. The minimum absolute atomic E-state index is 0.0374. The third-order valence-corrected chi connectivity index (χ3v) is 4.41. The van der Waals surface area contributed by atoms with Gasteiger partial charge in [-0.3, -0.25) is 24.5 Å². The van der Waals surface area contributed by atoms with Crippen LogP contribution < -0.4 is 0 Å². The Labute approximate surface area is 167 Å². The van der Waals surface area contributed by atoms with Gasteiger partial charge in [0.1, 0.15) is 5.56 Å². The Morgan fingerprint density at radius 2 is 1.48 bits per heavy atom. The molecule has 0 aliphatic carbocycles. The van der Waals surface area contributed by atoms with Gasteiger partial charge >= 0.3 is 11.9 Å². The lowest BCUT2D eigenvalue weighted by molar-refractivity contribution is -0.386. The van der Waals surface area contributed by atoms with Gasteiger partial charge in [0.15, 0.2) is 11.2 Å². The second-order valence-electron chi connectivity index (χ2n) is 6.22. The van der Waals surface area contributed by atoms with Crippen molar-refractivity contribution in [2.75, 3.05) is 13.2 Å². The zero-order chi connectivity index (χ0) is 21.6. The molecule has 0 radical (unpaired) electrons. The van der Waals surface area contributed by atoms with Crippen molar-refractivity contribution in [1.29, 1.82) is 0 Å². The van der Waals surface area contributed by atoms with Gasteiger partial charge in [-0.15, -0.1) is 0 Å². The molecule has 0 unspecified atom stereocenters. The van der Waals surface area contributed by atoms with Crippen LogP contribution in [-0.4, -0.2) is 35.9 Å². The topological polar surface area (TPSA) is 113 Å². The minimum Gasteiger partial charge on any atom is -0.465 e. The van der Waals surface area contributed by atoms with Crippen molar-refractivity contribution in [3.8, 4) is 0 Å². The molecule has 0 saturated heterocycles. The summed E-state index contributed by atoms with van der Waals surface area (Å²) in [4.78, 5) is 49.4. The van der Waals surface area contributed by atoms with E-state index in [9.17, 15) is 24.5 Å². The predicted octanol–water partition coefficient (Wildman–Crippen LogP) is 3.21. The number of esters is 2. The molecule has 0 N–H and O–H groups in total. The van der Waals surface area contributed by atoms with Gasteiger partial charge in [0.25, 0.3) is 5.69 Å². The molecule has 0 heterocycles. The summed E-state index contributed by atoms with van der Waals surface area (Å²) in [5, 5.41) is 11.9. The number of carbonyl (C=O) groups is 3. The van der Waals surface area contributed by atoms with Gasteiger partial charge in [0.2, 0.25) is 0 Å². The molecule has 2 aromatic carbocycles. The fourth-order valence-electron chi connectivity index (χ4n) is 2.93. The SMILES string of the molecule is CCOC(=O)C(C)(C(=O)OCC)c1cccc(C(=O)c2ccccc2)c1[N+](=O)[O-]. The van der Waals surface area contributed by atoms with Gasteiger partial charge in [-0.25, -0.2) is 0 Å². The van der Waals surface area contributed by atoms with E-state index in [0.717, 1.165) is 0 Å². The first-order valence-electron chi connectivity index (χ1n) is 9.01. The number of ether oxygens (including phenoxy) is 2. The average molecular weight is 399 g/mol. The average Bonchev–Trinajstić information content (AvgIpc) is 2.72. The fraction of sp³-hybridized carbons (Fsp3) is 0.286. The van der Waals surface area contributed by atoms with Crippen molar-refractivity contribution in [3.63, 3.8) is 0 Å². The summed E-state index contributed by atoms with van der Waals surface area (Å²) in [5.41, 5.74) is -3.01. The lowest BCUT2D eigenvalue weighted by atomic mass is 9.79. The summed E-state index contributed by atoms with van der Waals surface area (Å²) >= 11 is 0. The summed E-state index contributed by atoms with van der Waals surface area (Å²) in [5.74, 6) is -2.59. The number of para-hydroxylation sites is 1. The summed E-state index contributed by atoms with van der Waals surface area (Å²) in [6.45, 7) is 4.22. The van der Waals surface area contributed by atoms with E-state index < -0.39 is 33.7 Å². The van der Waals surface area contributed by atoms with Crippen molar-refractivity contribution in [2.24, 2.45) is 0 Å². The van der Waals surface area contributed by atoms with Crippen LogP contribution in [0.4, 0.5) is 5.69 Å². The second-order valence-corrected chi connectivity index (χ2v) is 6.22. The number of nitrogens with zero attached hydrogens (tertiary/aromatic N) is 1. The molecule has 8 nitrogen and oxygen atoms in total. The molecule has 152 valence electrons. The van der Waals surface area contributed by atoms with E-state index in [4.69, 9.17) is 9.47 Å². The normalized spacial score (nSPS) is 10.9. The molecule has 8 heteroatoms. The molecule has 0 saturated carbocycles. The molecule has 2 rings (SSSR count). The third kappa shape index (κ3) is 4.16. The predicted molar refractivity (Wildman–Crippen MR) is 104 cm³/mol. The Morgan fingerprint density at radius 1 is 0.931 bits per heavy atom. The number of hydrogen-bond acceptors (Lipinski definition) is 7. The Balaban J connectivity index is 2.76. The lowest BCUT2D eigenvalue weighted by Crippen LogP contribution is -2.44. The Hall–Kier alpha value is -3.55. The van der Waals surface area contributed by atoms with E-state index in [-0.39, 0.29) is 29.9 Å². The van der Waals surface area contributed by atoms with Gasteiger partial charge in [-0.2, -0.15) is 0 Å². The number of carbonyl (C=O) groups excluding carboxylic acids is 3. The molecule has 0 amide bonds. The lowest BCUT2D eigenvalue weighted by Gasteiger charge is -2.25. The van der Waals surface area contributed by atoms with Gasteiger partial charge in [-0.05, 0) is 26.8 Å². The minimum atomic E-state index is -2.11. The second kappa shape index (κ2) is 9.09. The first-order chi connectivity index (χ1) is 13.8. The maximum Gasteiger partial charge on any atom is 0.328 e. The van der Waals surface area contributed by atoms with E-state index >= 15 is 0 Å². The molecule has 2 aromatic rings. The van der Waals surface area contributed by atoms with Gasteiger partial charge < -0.3 is 9.47 Å². The molecular formula is C21H21NO7. The summed E-state index contributed by atoms with van der Waals surface area (Å²) < 4.78 is 10.0. The molecule has 0 bridgehead atoms. The molecule has 0 aliphatic rings. The number of nitro groups is 1. The highest BCUT2D eigenvalue weighted by Gasteiger charge is 2.50. The number of benzene rings is 2. The van der Waals surface area contributed by atoms with Gasteiger partial charge in [0.05, 0.1) is 23.7 Å². The Kier molecular flexibility index (Phi) is 6.82. The third-order valence-electron chi connectivity index (χ3n) is 4.41. The maximum absolute atomic E-state index is 12.9. The van der Waals surface area contributed by atoms with Crippen LogP contribution in [0.1, 0.15) is 42.3 Å². The highest BCUT2D eigenvalue weighted by molar-refractivity contribution is 6.13. The zero-order valence-electron chi connectivity index (χ0n) is 16.3. The fourth-order valence-corrected chi connectivity index (χ4v) is 2.93. The first kappa shape index (κ1) is 21.7. The number of hydrogen-bond donors (Lipinski definition) is 0. The largest absolute Gasteiger partial charge is 0.465 e. The summed E-state index contributed by atoms with van der Waals surface area (Å²) in [6, 6.07) is 11.9. The van der Waals surface area contributed by atoms with E-state index in [0.29, 0.717) is 0 Å². The van der Waals surface area contributed by atoms with E-state index in [1.165, 1.54) is 37.3 Å². The van der Waals surface area contributed by atoms with Crippen molar-refractivity contribution in [2.45, 2.75) is 26.2 Å². The van der Waals surface area contributed by atoms with Crippen molar-refractivity contribution >= 4 is 23.4 Å². The number of rotatable bonds is 8. The van der Waals surface area contributed by atoms with Crippen LogP contribution in [0.2, 0.25) is 0 Å². The van der Waals surface area contributed by atoms with Crippen LogP contribution in [-0.2, 0) is 24.5 Å². The van der Waals surface area contributed by atoms with Gasteiger partial charge in [-0.1, -0.05) is 42.5 Å². The van der Waals surface area contributed by atoms with Crippen molar-refractivity contribution in [1.82, 2.24) is 0 Å². The molecule has 0 spiro atoms. The van der Waals surface area contributed by atoms with Crippen LogP contribution in [0.3, 0.4) is 0 Å². The first-order valence-corrected chi connectivity index (χ1v) is 9.01. The molecule has 0 aromatic heterocycles. The quantitative estimate of drug-likeness (QED) is 0.220. The van der Waals surface area contributed by atoms with Gasteiger partial charge in [0, 0.05) is 5.56 Å². The standard InChI is InChI=1S/C21H21NO7/c1-4-28-19(24)21(3,20(25)29-5-2)16-13-9-12-15(17(16)22(26)27)18(23)14-10-7-6-8-11-14/h6-13H,4-5H2,1-3H3. The Bertz CT molecular complexity index is 919. The van der Waals surface area contributed by atoms with E-state index in [2.05, 4.69) is 0 Å². The molecule has 0 atom stereocenters. The highest BCUT2D eigenvalue weighted by Crippen LogP contribution is 2.37. The van der Waals surface area contributed by atoms with Crippen molar-refractivity contribution in [3.05, 3.63) is 75.3 Å². The van der Waals surface area contributed by atoms with Crippen LogP contribution in [0.25, 0.3) is 0 Å². The smallest absolute Gasteiger partial charge is 0.328 e. The molecule has 0 fully saturated rings. The maximum atomic E-state index is 12.9. The highest BCUT2D eigenvalue weighted by atomic mass is 16.6. The monoisotopic (exact) mass is 399 g/mol. The number of ketones is 1. The Morgan fingerprint density at radius 3 is 1.97 bits per heavy atom. The summed E-state index contributed by atoms with van der Waals surface area (Å²) in [6.07, 6.45) is 0. The molecule has 29 heavy (non-hydrogen) atoms. The van der Waals surface area contributed by atoms with Crippen molar-refractivity contribution < 1.29 is 28.8 Å². The van der Waals surface area contributed by atoms with E-state index in [1.807, 2.05) is 0 Å².